The highest BCUT2D eigenvalue weighted by Gasteiger charge is 2.34. The van der Waals surface area contributed by atoms with E-state index >= 15 is 0 Å². The molecule has 5 rings (SSSR count). The fourth-order valence-electron chi connectivity index (χ4n) is 3.75. The first-order valence-corrected chi connectivity index (χ1v) is 11.7. The molecule has 6 nitrogen and oxygen atoms in total. The Labute approximate surface area is 217 Å². The number of para-hydroxylation sites is 1. The largest absolute Gasteiger partial charge is 0.457 e. The zero-order chi connectivity index (χ0) is 25.1. The predicted molar refractivity (Wildman–Crippen MR) is 144 cm³/mol. The molecular weight excluding hydrogens is 494 g/mol. The Balaban J connectivity index is 1.45. The van der Waals surface area contributed by atoms with Crippen molar-refractivity contribution < 1.29 is 14.3 Å². The lowest BCUT2D eigenvalue weighted by Crippen LogP contribution is -2.54. The summed E-state index contributed by atoms with van der Waals surface area (Å²) in [6.07, 6.45) is 4.77. The molecule has 2 amide bonds. The van der Waals surface area contributed by atoms with Gasteiger partial charge in [-0.3, -0.25) is 24.8 Å². The second-order valence-corrected chi connectivity index (χ2v) is 8.66. The molecule has 1 aliphatic rings. The van der Waals surface area contributed by atoms with Crippen molar-refractivity contribution in [1.29, 1.82) is 0 Å². The van der Waals surface area contributed by atoms with Gasteiger partial charge in [-0.2, -0.15) is 0 Å². The number of rotatable bonds is 5. The van der Waals surface area contributed by atoms with E-state index in [1.165, 1.54) is 11.0 Å². The first-order valence-electron chi connectivity index (χ1n) is 10.9. The van der Waals surface area contributed by atoms with Gasteiger partial charge in [-0.1, -0.05) is 41.9 Å². The van der Waals surface area contributed by atoms with Crippen molar-refractivity contribution in [2.45, 2.75) is 0 Å². The van der Waals surface area contributed by atoms with Crippen LogP contribution in [0.4, 0.5) is 5.69 Å². The molecule has 0 aliphatic carbocycles. The number of pyridine rings is 1. The van der Waals surface area contributed by atoms with Crippen molar-refractivity contribution in [3.63, 3.8) is 0 Å². The van der Waals surface area contributed by atoms with E-state index in [-0.39, 0.29) is 10.7 Å². The van der Waals surface area contributed by atoms with Gasteiger partial charge in [0.05, 0.1) is 5.69 Å². The molecule has 4 aromatic rings. The van der Waals surface area contributed by atoms with Gasteiger partial charge in [-0.05, 0) is 84.0 Å². The Hall–Kier alpha value is -4.33. The monoisotopic (exact) mass is 511 g/mol. The summed E-state index contributed by atoms with van der Waals surface area (Å²) in [5.41, 5.74) is 2.73. The van der Waals surface area contributed by atoms with Gasteiger partial charge in [0.25, 0.3) is 11.8 Å². The molecule has 1 aromatic heterocycles. The number of halogens is 1. The van der Waals surface area contributed by atoms with Crippen LogP contribution in [0.25, 0.3) is 17.2 Å². The van der Waals surface area contributed by atoms with Gasteiger partial charge >= 0.3 is 0 Å². The second kappa shape index (κ2) is 10.1. The molecule has 0 bridgehead atoms. The van der Waals surface area contributed by atoms with Crippen molar-refractivity contribution >= 4 is 52.5 Å². The summed E-state index contributed by atoms with van der Waals surface area (Å²) >= 11 is 11.3. The van der Waals surface area contributed by atoms with E-state index in [0.717, 1.165) is 11.1 Å². The highest BCUT2D eigenvalue weighted by atomic mass is 35.5. The number of nitrogens with zero attached hydrogens (tertiary/aromatic N) is 2. The molecular formula is C28H18ClN3O3S. The average Bonchev–Trinajstić information content (AvgIpc) is 2.89. The number of thiocarbonyl (C=S) groups is 1. The molecule has 3 aromatic carbocycles. The van der Waals surface area contributed by atoms with Gasteiger partial charge in [-0.25, -0.2) is 0 Å². The molecule has 1 fully saturated rings. The molecule has 1 saturated heterocycles. The SMILES string of the molecule is O=C1NC(=S)N(c2ccc(Oc3ccccc3)cc2)C(=O)/C1=C/c1cnccc1-c1ccc(Cl)cc1. The smallest absolute Gasteiger partial charge is 0.270 e. The third kappa shape index (κ3) is 4.88. The minimum absolute atomic E-state index is 0.00277. The van der Waals surface area contributed by atoms with Gasteiger partial charge in [0.15, 0.2) is 5.11 Å². The number of amides is 2. The van der Waals surface area contributed by atoms with Crippen LogP contribution in [0.5, 0.6) is 11.5 Å². The van der Waals surface area contributed by atoms with Crippen LogP contribution < -0.4 is 15.0 Å². The van der Waals surface area contributed by atoms with Gasteiger partial charge in [0, 0.05) is 23.0 Å². The van der Waals surface area contributed by atoms with E-state index in [1.54, 1.807) is 48.8 Å². The lowest BCUT2D eigenvalue weighted by Gasteiger charge is -2.29. The minimum Gasteiger partial charge on any atom is -0.457 e. The molecule has 176 valence electrons. The van der Waals surface area contributed by atoms with Crippen molar-refractivity contribution in [3.05, 3.63) is 113 Å². The van der Waals surface area contributed by atoms with E-state index in [1.807, 2.05) is 48.5 Å². The lowest BCUT2D eigenvalue weighted by atomic mass is 9.99. The van der Waals surface area contributed by atoms with Crippen molar-refractivity contribution in [2.24, 2.45) is 0 Å². The van der Waals surface area contributed by atoms with Crippen molar-refractivity contribution in [3.8, 4) is 22.6 Å². The maximum atomic E-state index is 13.5. The van der Waals surface area contributed by atoms with E-state index in [0.29, 0.717) is 27.8 Å². The van der Waals surface area contributed by atoms with Crippen LogP contribution in [0.1, 0.15) is 5.56 Å². The van der Waals surface area contributed by atoms with E-state index in [2.05, 4.69) is 10.3 Å². The molecule has 0 atom stereocenters. The molecule has 0 radical (unpaired) electrons. The Bertz CT molecular complexity index is 1490. The summed E-state index contributed by atoms with van der Waals surface area (Å²) in [5.74, 6) is 0.186. The molecule has 0 spiro atoms. The van der Waals surface area contributed by atoms with Crippen LogP contribution in [-0.4, -0.2) is 21.9 Å². The van der Waals surface area contributed by atoms with E-state index in [9.17, 15) is 9.59 Å². The Morgan fingerprint density at radius 1 is 0.889 bits per heavy atom. The van der Waals surface area contributed by atoms with Crippen LogP contribution >= 0.6 is 23.8 Å². The number of hydrogen-bond donors (Lipinski definition) is 1. The fourth-order valence-corrected chi connectivity index (χ4v) is 4.16. The molecule has 0 saturated carbocycles. The highest BCUT2D eigenvalue weighted by molar-refractivity contribution is 7.80. The number of aromatic nitrogens is 1. The lowest BCUT2D eigenvalue weighted by molar-refractivity contribution is -0.122. The normalized spacial score (nSPS) is 14.6. The fraction of sp³-hybridized carbons (Fsp3) is 0. The summed E-state index contributed by atoms with van der Waals surface area (Å²) in [7, 11) is 0. The average molecular weight is 512 g/mol. The molecule has 2 heterocycles. The summed E-state index contributed by atoms with van der Waals surface area (Å²) in [6, 6.07) is 25.3. The highest BCUT2D eigenvalue weighted by Crippen LogP contribution is 2.29. The predicted octanol–water partition coefficient (Wildman–Crippen LogP) is 6.03. The van der Waals surface area contributed by atoms with Gasteiger partial charge in [0.1, 0.15) is 17.1 Å². The zero-order valence-electron chi connectivity index (χ0n) is 18.7. The van der Waals surface area contributed by atoms with Gasteiger partial charge in [0.2, 0.25) is 0 Å². The summed E-state index contributed by atoms with van der Waals surface area (Å²) in [6.45, 7) is 0. The van der Waals surface area contributed by atoms with Crippen molar-refractivity contribution in [2.75, 3.05) is 4.90 Å². The third-order valence-electron chi connectivity index (χ3n) is 5.48. The summed E-state index contributed by atoms with van der Waals surface area (Å²) in [5, 5.41) is 3.22. The Kier molecular flexibility index (Phi) is 6.58. The van der Waals surface area contributed by atoms with Crippen LogP contribution in [0, 0.1) is 0 Å². The Morgan fingerprint density at radius 3 is 2.31 bits per heavy atom. The number of carbonyl (C=O) groups is 2. The standard InChI is InChI=1S/C28H18ClN3O3S/c29-20-8-6-18(7-9-20)24-14-15-30-17-19(24)16-25-26(33)31-28(36)32(27(25)34)21-10-12-23(13-11-21)35-22-4-2-1-3-5-22/h1-17H,(H,31,33,36)/b25-16+. The molecule has 0 unspecified atom stereocenters. The van der Waals surface area contributed by atoms with Crippen LogP contribution in [0.3, 0.4) is 0 Å². The third-order valence-corrected chi connectivity index (χ3v) is 6.02. The maximum absolute atomic E-state index is 13.5. The minimum atomic E-state index is -0.573. The van der Waals surface area contributed by atoms with Crippen LogP contribution in [0.2, 0.25) is 5.02 Å². The summed E-state index contributed by atoms with van der Waals surface area (Å²) < 4.78 is 5.82. The number of ether oxygens (including phenoxy) is 1. The molecule has 1 N–H and O–H groups in total. The zero-order valence-corrected chi connectivity index (χ0v) is 20.3. The topological polar surface area (TPSA) is 71.5 Å². The number of carbonyl (C=O) groups excluding carboxylic acids is 2. The van der Waals surface area contributed by atoms with E-state index < -0.39 is 11.8 Å². The Morgan fingerprint density at radius 2 is 1.58 bits per heavy atom. The van der Waals surface area contributed by atoms with Crippen LogP contribution in [0.15, 0.2) is 103 Å². The number of nitrogens with one attached hydrogen (secondary N) is 1. The van der Waals surface area contributed by atoms with Crippen molar-refractivity contribution in [1.82, 2.24) is 10.3 Å². The van der Waals surface area contributed by atoms with Gasteiger partial charge < -0.3 is 4.74 Å². The maximum Gasteiger partial charge on any atom is 0.270 e. The quantitative estimate of drug-likeness (QED) is 0.201. The molecule has 36 heavy (non-hydrogen) atoms. The summed E-state index contributed by atoms with van der Waals surface area (Å²) in [4.78, 5) is 31.7. The second-order valence-electron chi connectivity index (χ2n) is 7.84. The first kappa shape index (κ1) is 23.4. The van der Waals surface area contributed by atoms with Gasteiger partial charge in [-0.15, -0.1) is 0 Å². The van der Waals surface area contributed by atoms with Crippen LogP contribution in [-0.2, 0) is 9.59 Å². The molecule has 1 aliphatic heterocycles. The number of hydrogen-bond acceptors (Lipinski definition) is 5. The molecule has 8 heteroatoms. The number of benzene rings is 3. The first-order chi connectivity index (χ1) is 17.5. The number of anilines is 1. The van der Waals surface area contributed by atoms with E-state index in [4.69, 9.17) is 28.6 Å².